The van der Waals surface area contributed by atoms with Crippen molar-refractivity contribution in [2.45, 2.75) is 13.8 Å². The molecule has 7 heavy (non-hydrogen) atoms. The van der Waals surface area contributed by atoms with Crippen LogP contribution in [0.2, 0.25) is 0 Å². The van der Waals surface area contributed by atoms with Gasteiger partial charge in [-0.3, -0.25) is 0 Å². The Kier molecular flexibility index (Phi) is 67.0. The van der Waals surface area contributed by atoms with E-state index in [0.29, 0.717) is 0 Å². The van der Waals surface area contributed by atoms with Crippen molar-refractivity contribution in [2.24, 2.45) is 0 Å². The fraction of sp³-hybridized carbons (Fsp3) is 1.00. The molecule has 0 spiro atoms. The van der Waals surface area contributed by atoms with Crippen LogP contribution in [-0.2, 0) is 0 Å². The third kappa shape index (κ3) is 312. The van der Waals surface area contributed by atoms with Crippen LogP contribution in [-0.4, -0.2) is 46.5 Å². The van der Waals surface area contributed by atoms with Crippen molar-refractivity contribution in [3.63, 3.8) is 0 Å². The van der Waals surface area contributed by atoms with Crippen LogP contribution in [0.3, 0.4) is 0 Å². The Bertz CT molecular complexity index is 11.7. The van der Waals surface area contributed by atoms with Crippen molar-refractivity contribution in [1.82, 2.24) is 0 Å². The molecule has 2 N–H and O–H groups in total. The second-order valence-corrected chi connectivity index (χ2v) is 0.632. The van der Waals surface area contributed by atoms with Gasteiger partial charge in [-0.15, -0.1) is 0 Å². The SMILES string of the molecule is CCO.CCO.[Mg]. The predicted molar refractivity (Wildman–Crippen MR) is 31.3 cm³/mol. The van der Waals surface area contributed by atoms with E-state index < -0.39 is 0 Å². The van der Waals surface area contributed by atoms with Crippen LogP contribution in [0.4, 0.5) is 0 Å². The Morgan fingerprint density at radius 1 is 1.00 bits per heavy atom. The molecule has 0 bridgehead atoms. The topological polar surface area (TPSA) is 40.5 Å². The van der Waals surface area contributed by atoms with Crippen LogP contribution in [0.5, 0.6) is 0 Å². The summed E-state index contributed by atoms with van der Waals surface area (Å²) >= 11 is 0. The minimum Gasteiger partial charge on any atom is -0.397 e. The molecule has 0 saturated heterocycles. The van der Waals surface area contributed by atoms with Gasteiger partial charge >= 0.3 is 0 Å². The molecule has 0 aliphatic heterocycles. The van der Waals surface area contributed by atoms with Gasteiger partial charge in [-0.1, -0.05) is 0 Å². The lowest BCUT2D eigenvalue weighted by Gasteiger charge is -1.52. The Labute approximate surface area is 60.7 Å². The minimum absolute atomic E-state index is 0. The third-order valence-corrected chi connectivity index (χ3v) is 0. The van der Waals surface area contributed by atoms with Crippen LogP contribution in [0, 0.1) is 0 Å². The van der Waals surface area contributed by atoms with Gasteiger partial charge in [0.1, 0.15) is 0 Å². The molecule has 0 aliphatic carbocycles. The fourth-order valence-electron chi connectivity index (χ4n) is 0. The first-order valence-corrected chi connectivity index (χ1v) is 2.05. The van der Waals surface area contributed by atoms with E-state index in [1.54, 1.807) is 13.8 Å². The number of hydrogen-bond acceptors (Lipinski definition) is 2. The van der Waals surface area contributed by atoms with E-state index in [2.05, 4.69) is 0 Å². The van der Waals surface area contributed by atoms with Gasteiger partial charge in [0.25, 0.3) is 0 Å². The van der Waals surface area contributed by atoms with Gasteiger partial charge in [-0.05, 0) is 13.8 Å². The third-order valence-electron chi connectivity index (χ3n) is 0. The zero-order valence-electron chi connectivity index (χ0n) is 5.02. The van der Waals surface area contributed by atoms with E-state index in [0.717, 1.165) is 0 Å². The standard InChI is InChI=1S/2C2H6O.Mg/c2*1-2-3;/h2*3H,2H2,1H3;. The van der Waals surface area contributed by atoms with Crippen LogP contribution >= 0.6 is 0 Å². The largest absolute Gasteiger partial charge is 0.397 e. The molecular weight excluding hydrogens is 104 g/mol. The van der Waals surface area contributed by atoms with Crippen molar-refractivity contribution in [1.29, 1.82) is 0 Å². The molecule has 0 amide bonds. The Morgan fingerprint density at radius 2 is 1.00 bits per heavy atom. The molecule has 0 saturated carbocycles. The number of rotatable bonds is 0. The maximum absolute atomic E-state index is 7.57. The minimum atomic E-state index is 0. The molecule has 0 unspecified atom stereocenters. The Balaban J connectivity index is -0.0000000400. The summed E-state index contributed by atoms with van der Waals surface area (Å²) in [5.74, 6) is 0. The van der Waals surface area contributed by atoms with Crippen LogP contribution in [0.15, 0.2) is 0 Å². The van der Waals surface area contributed by atoms with Crippen molar-refractivity contribution in [3.05, 3.63) is 0 Å². The first-order chi connectivity index (χ1) is 2.83. The van der Waals surface area contributed by atoms with E-state index in [1.165, 1.54) is 0 Å². The zero-order chi connectivity index (χ0) is 5.41. The Hall–Kier alpha value is 0.686. The highest BCUT2D eigenvalue weighted by molar-refractivity contribution is 5.75. The van der Waals surface area contributed by atoms with Crippen molar-refractivity contribution in [3.8, 4) is 0 Å². The predicted octanol–water partition coefficient (Wildman–Crippen LogP) is -0.384. The first kappa shape index (κ1) is 15.6. The van der Waals surface area contributed by atoms with Gasteiger partial charge in [-0.2, -0.15) is 0 Å². The molecular formula is C4H12MgO2. The lowest BCUT2D eigenvalue weighted by Crippen LogP contribution is -1.57. The highest BCUT2D eigenvalue weighted by Gasteiger charge is 1.34. The van der Waals surface area contributed by atoms with E-state index in [1.807, 2.05) is 0 Å². The lowest BCUT2D eigenvalue weighted by atomic mass is 10.9. The van der Waals surface area contributed by atoms with Gasteiger partial charge in [0, 0.05) is 36.3 Å². The van der Waals surface area contributed by atoms with Gasteiger partial charge in [0.15, 0.2) is 0 Å². The fourth-order valence-corrected chi connectivity index (χ4v) is 0. The molecule has 3 heteroatoms. The summed E-state index contributed by atoms with van der Waals surface area (Å²) in [6.07, 6.45) is 0. The lowest BCUT2D eigenvalue weighted by molar-refractivity contribution is 0.318. The summed E-state index contributed by atoms with van der Waals surface area (Å²) in [4.78, 5) is 0. The summed E-state index contributed by atoms with van der Waals surface area (Å²) < 4.78 is 0. The van der Waals surface area contributed by atoms with E-state index >= 15 is 0 Å². The van der Waals surface area contributed by atoms with Gasteiger partial charge in [0.05, 0.1) is 0 Å². The van der Waals surface area contributed by atoms with E-state index in [9.17, 15) is 0 Å². The summed E-state index contributed by atoms with van der Waals surface area (Å²) in [5.41, 5.74) is 0. The second kappa shape index (κ2) is 30.0. The smallest absolute Gasteiger partial charge is 0.0402 e. The molecule has 0 aromatic heterocycles. The molecule has 0 rings (SSSR count). The highest BCUT2D eigenvalue weighted by atomic mass is 24.3. The summed E-state index contributed by atoms with van der Waals surface area (Å²) in [6.45, 7) is 3.86. The van der Waals surface area contributed by atoms with Gasteiger partial charge in [0.2, 0.25) is 0 Å². The molecule has 0 heterocycles. The molecule has 42 valence electrons. The molecule has 0 aromatic rings. The van der Waals surface area contributed by atoms with E-state index in [-0.39, 0.29) is 36.3 Å². The van der Waals surface area contributed by atoms with Crippen molar-refractivity contribution >= 4 is 23.1 Å². The van der Waals surface area contributed by atoms with Gasteiger partial charge in [-0.25, -0.2) is 0 Å². The van der Waals surface area contributed by atoms with Crippen molar-refractivity contribution < 1.29 is 10.2 Å². The molecule has 0 aliphatic rings. The summed E-state index contributed by atoms with van der Waals surface area (Å²) in [7, 11) is 0. The molecule has 2 radical (unpaired) electrons. The monoisotopic (exact) mass is 116 g/mol. The average Bonchev–Trinajstić information content (AvgIpc) is 1.39. The van der Waals surface area contributed by atoms with E-state index in [4.69, 9.17) is 10.2 Å². The maximum atomic E-state index is 7.57. The molecule has 2 nitrogen and oxygen atoms in total. The normalized spacial score (nSPS) is 5.14. The summed E-state index contributed by atoms with van der Waals surface area (Å²) in [6, 6.07) is 0. The second-order valence-electron chi connectivity index (χ2n) is 0.632. The van der Waals surface area contributed by atoms with Crippen LogP contribution < -0.4 is 0 Å². The number of hydrogen-bond donors (Lipinski definition) is 2. The average molecular weight is 116 g/mol. The zero-order valence-corrected chi connectivity index (χ0v) is 6.43. The molecule has 0 fully saturated rings. The van der Waals surface area contributed by atoms with Crippen LogP contribution in [0.25, 0.3) is 0 Å². The highest BCUT2D eigenvalue weighted by Crippen LogP contribution is 1.30. The number of aliphatic hydroxyl groups excluding tert-OH is 2. The molecule has 0 aromatic carbocycles. The van der Waals surface area contributed by atoms with Gasteiger partial charge < -0.3 is 10.2 Å². The maximum Gasteiger partial charge on any atom is 0.0402 e. The Morgan fingerprint density at radius 3 is 1.00 bits per heavy atom. The quantitative estimate of drug-likeness (QED) is 0.424. The molecule has 0 atom stereocenters. The van der Waals surface area contributed by atoms with Crippen molar-refractivity contribution in [2.75, 3.05) is 13.2 Å². The number of aliphatic hydroxyl groups is 2. The first-order valence-electron chi connectivity index (χ1n) is 2.05. The van der Waals surface area contributed by atoms with Crippen LogP contribution in [0.1, 0.15) is 13.8 Å². The summed E-state index contributed by atoms with van der Waals surface area (Å²) in [5, 5.41) is 15.1.